The Kier molecular flexibility index (Phi) is 2.87. The number of nitrogens with two attached hydrogens (primary N) is 1. The van der Waals surface area contributed by atoms with Gasteiger partial charge in [0.2, 0.25) is 5.91 Å². The van der Waals surface area contributed by atoms with Gasteiger partial charge in [-0.2, -0.15) is 0 Å². The van der Waals surface area contributed by atoms with Gasteiger partial charge in [-0.15, -0.1) is 0 Å². The van der Waals surface area contributed by atoms with E-state index in [0.29, 0.717) is 0 Å². The van der Waals surface area contributed by atoms with Gasteiger partial charge < -0.3 is 5.73 Å². The van der Waals surface area contributed by atoms with Crippen LogP contribution in [0.2, 0.25) is 0 Å². The lowest BCUT2D eigenvalue weighted by Gasteiger charge is -2.58. The zero-order valence-corrected chi connectivity index (χ0v) is 11.8. The molecule has 1 heterocycles. The molecule has 0 aromatic carbocycles. The van der Waals surface area contributed by atoms with Crippen LogP contribution >= 0.6 is 0 Å². The molecule has 2 N–H and O–H groups in total. The van der Waals surface area contributed by atoms with Crippen LogP contribution in [0.25, 0.3) is 0 Å². The second-order valence-corrected chi connectivity index (χ2v) is 7.66. The van der Waals surface area contributed by atoms with Crippen LogP contribution in [0.3, 0.4) is 0 Å². The lowest BCUT2D eigenvalue weighted by Crippen LogP contribution is -2.58. The smallest absolute Gasteiger partial charge is 0.221 e. The van der Waals surface area contributed by atoms with Crippen molar-refractivity contribution in [2.75, 3.05) is 13.1 Å². The van der Waals surface area contributed by atoms with Crippen LogP contribution in [0.15, 0.2) is 0 Å². The third-order valence-corrected chi connectivity index (χ3v) is 6.45. The molecular formula is C16H26N2O. The minimum Gasteiger partial charge on any atom is -0.369 e. The summed E-state index contributed by atoms with van der Waals surface area (Å²) in [4.78, 5) is 14.1. The Balaban J connectivity index is 1.51. The maximum atomic E-state index is 11.5. The Hall–Kier alpha value is -0.570. The summed E-state index contributed by atoms with van der Waals surface area (Å²) >= 11 is 0. The fourth-order valence-corrected chi connectivity index (χ4v) is 6.00. The number of hydrogen-bond donors (Lipinski definition) is 1. The molecule has 0 aromatic rings. The number of likely N-dealkylation sites (tertiary alicyclic amines) is 1. The summed E-state index contributed by atoms with van der Waals surface area (Å²) in [6.45, 7) is 2.15. The molecular weight excluding hydrogens is 236 g/mol. The van der Waals surface area contributed by atoms with Gasteiger partial charge in [0.1, 0.15) is 0 Å². The zero-order valence-electron chi connectivity index (χ0n) is 11.8. The number of primary amides is 1. The van der Waals surface area contributed by atoms with E-state index in [1.807, 2.05) is 0 Å². The first-order chi connectivity index (χ1) is 9.20. The third-order valence-electron chi connectivity index (χ3n) is 6.45. The highest BCUT2D eigenvalue weighted by Gasteiger charge is 2.50. The minimum absolute atomic E-state index is 0.0754. The maximum absolute atomic E-state index is 11.5. The van der Waals surface area contributed by atoms with E-state index >= 15 is 0 Å². The quantitative estimate of drug-likeness (QED) is 0.827. The SMILES string of the molecule is NC(=O)C1CCCN(C2C3CC4CC(C3)CC2C4)C1. The summed E-state index contributed by atoms with van der Waals surface area (Å²) in [5.74, 6) is 3.98. The van der Waals surface area contributed by atoms with Crippen LogP contribution in [0, 0.1) is 29.6 Å². The van der Waals surface area contributed by atoms with Crippen LogP contribution in [0.4, 0.5) is 0 Å². The Bertz CT molecular complexity index is 353. The monoisotopic (exact) mass is 262 g/mol. The summed E-state index contributed by atoms with van der Waals surface area (Å²) in [5, 5.41) is 0. The van der Waals surface area contributed by atoms with Crippen molar-refractivity contribution < 1.29 is 4.79 Å². The molecule has 0 aromatic heterocycles. The summed E-state index contributed by atoms with van der Waals surface area (Å²) in [6, 6.07) is 0.787. The Labute approximate surface area is 115 Å². The largest absolute Gasteiger partial charge is 0.369 e. The van der Waals surface area contributed by atoms with E-state index in [4.69, 9.17) is 5.73 Å². The molecule has 4 saturated carbocycles. The molecule has 3 nitrogen and oxygen atoms in total. The van der Waals surface area contributed by atoms with E-state index in [0.717, 1.165) is 49.1 Å². The molecule has 1 amide bonds. The fourth-order valence-electron chi connectivity index (χ4n) is 6.00. The van der Waals surface area contributed by atoms with E-state index in [1.54, 1.807) is 0 Å². The zero-order chi connectivity index (χ0) is 13.0. The molecule has 0 radical (unpaired) electrons. The highest BCUT2D eigenvalue weighted by molar-refractivity contribution is 5.76. The number of nitrogens with zero attached hydrogens (tertiary/aromatic N) is 1. The van der Waals surface area contributed by atoms with Crippen LogP contribution in [0.5, 0.6) is 0 Å². The van der Waals surface area contributed by atoms with Gasteiger partial charge in [-0.05, 0) is 75.2 Å². The molecule has 4 bridgehead atoms. The number of rotatable bonds is 2. The van der Waals surface area contributed by atoms with Gasteiger partial charge in [0.15, 0.2) is 0 Å². The van der Waals surface area contributed by atoms with Gasteiger partial charge in [-0.1, -0.05) is 0 Å². The molecule has 3 heteroatoms. The van der Waals surface area contributed by atoms with Crippen molar-refractivity contribution in [2.45, 2.75) is 51.0 Å². The average molecular weight is 262 g/mol. The van der Waals surface area contributed by atoms with Gasteiger partial charge >= 0.3 is 0 Å². The van der Waals surface area contributed by atoms with Gasteiger partial charge in [0, 0.05) is 12.6 Å². The molecule has 19 heavy (non-hydrogen) atoms. The molecule has 1 aliphatic heterocycles. The van der Waals surface area contributed by atoms with Crippen LogP contribution in [0.1, 0.15) is 44.9 Å². The van der Waals surface area contributed by atoms with Crippen molar-refractivity contribution in [3.05, 3.63) is 0 Å². The van der Waals surface area contributed by atoms with E-state index in [-0.39, 0.29) is 11.8 Å². The lowest BCUT2D eigenvalue weighted by molar-refractivity contribution is -0.126. The summed E-state index contributed by atoms with van der Waals surface area (Å²) in [6.07, 6.45) is 9.56. The normalized spacial score (nSPS) is 49.5. The minimum atomic E-state index is -0.0754. The summed E-state index contributed by atoms with van der Waals surface area (Å²) in [7, 11) is 0. The van der Waals surface area contributed by atoms with Crippen LogP contribution in [-0.4, -0.2) is 29.9 Å². The van der Waals surface area contributed by atoms with Gasteiger partial charge in [-0.3, -0.25) is 9.69 Å². The van der Waals surface area contributed by atoms with Crippen molar-refractivity contribution in [1.29, 1.82) is 0 Å². The molecule has 1 saturated heterocycles. The number of carbonyl (C=O) groups is 1. The molecule has 0 spiro atoms. The fraction of sp³-hybridized carbons (Fsp3) is 0.938. The lowest BCUT2D eigenvalue weighted by atomic mass is 9.53. The number of carbonyl (C=O) groups excluding carboxylic acids is 1. The van der Waals surface area contributed by atoms with E-state index in [2.05, 4.69) is 4.90 Å². The second kappa shape index (κ2) is 4.47. The van der Waals surface area contributed by atoms with E-state index in [9.17, 15) is 4.79 Å². The third kappa shape index (κ3) is 2.01. The van der Waals surface area contributed by atoms with Crippen molar-refractivity contribution >= 4 is 5.91 Å². The highest BCUT2D eigenvalue weighted by Crippen LogP contribution is 2.55. The van der Waals surface area contributed by atoms with Gasteiger partial charge in [0.05, 0.1) is 5.92 Å². The standard InChI is InChI=1S/C16H26N2O/c17-16(19)12-2-1-3-18(9-12)15-13-5-10-4-11(7-13)8-14(15)6-10/h10-15H,1-9H2,(H2,17,19). The first-order valence-corrected chi connectivity index (χ1v) is 8.24. The highest BCUT2D eigenvalue weighted by atomic mass is 16.1. The van der Waals surface area contributed by atoms with E-state index in [1.165, 1.54) is 38.6 Å². The molecule has 4 aliphatic carbocycles. The number of amides is 1. The molecule has 5 rings (SSSR count). The van der Waals surface area contributed by atoms with Crippen molar-refractivity contribution in [2.24, 2.45) is 35.3 Å². The predicted molar refractivity (Wildman–Crippen MR) is 74.3 cm³/mol. The van der Waals surface area contributed by atoms with Crippen LogP contribution in [-0.2, 0) is 4.79 Å². The Morgan fingerprint density at radius 2 is 1.63 bits per heavy atom. The molecule has 1 unspecified atom stereocenters. The van der Waals surface area contributed by atoms with Crippen LogP contribution < -0.4 is 5.73 Å². The first-order valence-electron chi connectivity index (χ1n) is 8.24. The molecule has 106 valence electrons. The van der Waals surface area contributed by atoms with Crippen molar-refractivity contribution in [3.8, 4) is 0 Å². The molecule has 1 atom stereocenters. The second-order valence-electron chi connectivity index (χ2n) is 7.66. The Morgan fingerprint density at radius 1 is 1.00 bits per heavy atom. The Morgan fingerprint density at radius 3 is 2.21 bits per heavy atom. The number of piperidine rings is 1. The molecule has 5 fully saturated rings. The van der Waals surface area contributed by atoms with E-state index < -0.39 is 0 Å². The summed E-state index contributed by atoms with van der Waals surface area (Å²) < 4.78 is 0. The maximum Gasteiger partial charge on any atom is 0.221 e. The van der Waals surface area contributed by atoms with Crippen molar-refractivity contribution in [3.63, 3.8) is 0 Å². The van der Waals surface area contributed by atoms with Gasteiger partial charge in [0.25, 0.3) is 0 Å². The summed E-state index contributed by atoms with van der Waals surface area (Å²) in [5.41, 5.74) is 5.54. The topological polar surface area (TPSA) is 46.3 Å². The number of hydrogen-bond acceptors (Lipinski definition) is 2. The van der Waals surface area contributed by atoms with Gasteiger partial charge in [-0.25, -0.2) is 0 Å². The molecule has 5 aliphatic rings. The predicted octanol–water partition coefficient (Wildman–Crippen LogP) is 2.01. The van der Waals surface area contributed by atoms with Crippen molar-refractivity contribution in [1.82, 2.24) is 4.90 Å². The first kappa shape index (κ1) is 12.2. The average Bonchev–Trinajstić information content (AvgIpc) is 2.37.